The van der Waals surface area contributed by atoms with Crippen molar-refractivity contribution < 1.29 is 22.7 Å². The van der Waals surface area contributed by atoms with Crippen LogP contribution in [0.4, 0.5) is 19.0 Å². The standard InChI is InChI=1S/C19H20F3N5O2/c1-12(2)18(28)25-17-14-11-27(26-15(14)5-7-23-17)10-13-3-4-16(24-9-13)29-8-6-19(20,21)22/h3-5,7,9,11-12H,6,8,10H2,1-2H3,(H,23,25,28). The summed E-state index contributed by atoms with van der Waals surface area (Å²) in [5.74, 6) is 0.263. The number of halogens is 3. The number of hydrogen-bond acceptors (Lipinski definition) is 5. The normalized spacial score (nSPS) is 11.8. The van der Waals surface area contributed by atoms with Crippen LogP contribution >= 0.6 is 0 Å². The van der Waals surface area contributed by atoms with Gasteiger partial charge in [-0.1, -0.05) is 19.9 Å². The number of carbonyl (C=O) groups is 1. The first-order valence-electron chi connectivity index (χ1n) is 8.99. The summed E-state index contributed by atoms with van der Waals surface area (Å²) in [5.41, 5.74) is 1.47. The molecule has 0 aromatic carbocycles. The van der Waals surface area contributed by atoms with E-state index in [-0.39, 0.29) is 17.7 Å². The molecule has 0 fully saturated rings. The van der Waals surface area contributed by atoms with Gasteiger partial charge in [-0.2, -0.15) is 18.3 Å². The molecule has 3 heterocycles. The monoisotopic (exact) mass is 407 g/mol. The molecule has 10 heteroatoms. The van der Waals surface area contributed by atoms with Gasteiger partial charge in [-0.15, -0.1) is 0 Å². The highest BCUT2D eigenvalue weighted by Gasteiger charge is 2.26. The highest BCUT2D eigenvalue weighted by Crippen LogP contribution is 2.22. The van der Waals surface area contributed by atoms with E-state index < -0.39 is 19.2 Å². The van der Waals surface area contributed by atoms with Crippen LogP contribution < -0.4 is 10.1 Å². The lowest BCUT2D eigenvalue weighted by Crippen LogP contribution is -2.18. The predicted octanol–water partition coefficient (Wildman–Crippen LogP) is 3.80. The molecule has 3 aromatic heterocycles. The van der Waals surface area contributed by atoms with Crippen molar-refractivity contribution in [2.24, 2.45) is 5.92 Å². The zero-order valence-electron chi connectivity index (χ0n) is 15.9. The summed E-state index contributed by atoms with van der Waals surface area (Å²) in [6.45, 7) is 3.51. The quantitative estimate of drug-likeness (QED) is 0.644. The zero-order chi connectivity index (χ0) is 21.0. The smallest absolute Gasteiger partial charge is 0.392 e. The number of fused-ring (bicyclic) bond motifs is 1. The Morgan fingerprint density at radius 3 is 2.69 bits per heavy atom. The van der Waals surface area contributed by atoms with Crippen LogP contribution in [0.5, 0.6) is 5.88 Å². The zero-order valence-corrected chi connectivity index (χ0v) is 15.9. The number of alkyl halides is 3. The van der Waals surface area contributed by atoms with Crippen molar-refractivity contribution in [3.8, 4) is 5.88 Å². The summed E-state index contributed by atoms with van der Waals surface area (Å²) in [6, 6.07) is 4.97. The summed E-state index contributed by atoms with van der Waals surface area (Å²) < 4.78 is 43.1. The number of amides is 1. The second-order valence-corrected chi connectivity index (χ2v) is 6.78. The summed E-state index contributed by atoms with van der Waals surface area (Å²) in [7, 11) is 0. The number of pyridine rings is 2. The third kappa shape index (κ3) is 5.66. The van der Waals surface area contributed by atoms with E-state index in [1.165, 1.54) is 12.3 Å². The van der Waals surface area contributed by atoms with Crippen LogP contribution in [-0.4, -0.2) is 38.4 Å². The van der Waals surface area contributed by atoms with Crippen molar-refractivity contribution in [1.82, 2.24) is 19.7 Å². The van der Waals surface area contributed by atoms with Crippen LogP contribution in [0.15, 0.2) is 36.8 Å². The van der Waals surface area contributed by atoms with Gasteiger partial charge >= 0.3 is 6.18 Å². The largest absolute Gasteiger partial charge is 0.477 e. The summed E-state index contributed by atoms with van der Waals surface area (Å²) in [5, 5.41) is 7.96. The van der Waals surface area contributed by atoms with E-state index in [2.05, 4.69) is 20.4 Å². The van der Waals surface area contributed by atoms with Gasteiger partial charge in [0.05, 0.1) is 30.5 Å². The van der Waals surface area contributed by atoms with Gasteiger partial charge in [0.25, 0.3) is 0 Å². The molecule has 1 amide bonds. The third-order valence-electron chi connectivity index (χ3n) is 4.03. The molecule has 0 unspecified atom stereocenters. The molecule has 3 aromatic rings. The molecule has 0 atom stereocenters. The number of aromatic nitrogens is 4. The Labute approximate surface area is 164 Å². The van der Waals surface area contributed by atoms with Crippen molar-refractivity contribution in [1.29, 1.82) is 0 Å². The van der Waals surface area contributed by atoms with Crippen molar-refractivity contribution in [2.75, 3.05) is 11.9 Å². The maximum absolute atomic E-state index is 12.2. The van der Waals surface area contributed by atoms with E-state index in [1.54, 1.807) is 43.1 Å². The van der Waals surface area contributed by atoms with Gasteiger partial charge in [0.1, 0.15) is 5.82 Å². The first-order chi connectivity index (χ1) is 13.7. The van der Waals surface area contributed by atoms with E-state index in [9.17, 15) is 18.0 Å². The van der Waals surface area contributed by atoms with Gasteiger partial charge in [-0.05, 0) is 11.6 Å². The maximum Gasteiger partial charge on any atom is 0.392 e. The van der Waals surface area contributed by atoms with Crippen molar-refractivity contribution in [3.63, 3.8) is 0 Å². The number of nitrogens with one attached hydrogen (secondary N) is 1. The summed E-state index contributed by atoms with van der Waals surface area (Å²) >= 11 is 0. The van der Waals surface area contributed by atoms with Crippen LogP contribution in [0.25, 0.3) is 10.9 Å². The van der Waals surface area contributed by atoms with Crippen molar-refractivity contribution in [3.05, 3.63) is 42.4 Å². The number of anilines is 1. The first-order valence-corrected chi connectivity index (χ1v) is 8.99. The molecule has 0 saturated carbocycles. The lowest BCUT2D eigenvalue weighted by Gasteiger charge is -2.08. The van der Waals surface area contributed by atoms with Gasteiger partial charge < -0.3 is 10.1 Å². The third-order valence-corrected chi connectivity index (χ3v) is 4.03. The van der Waals surface area contributed by atoms with Gasteiger partial charge in [0.15, 0.2) is 0 Å². The predicted molar refractivity (Wildman–Crippen MR) is 101 cm³/mol. The highest BCUT2D eigenvalue weighted by molar-refractivity contribution is 5.99. The number of carbonyl (C=O) groups excluding carboxylic acids is 1. The topological polar surface area (TPSA) is 81.9 Å². The fourth-order valence-corrected chi connectivity index (χ4v) is 2.48. The molecule has 0 spiro atoms. The Balaban J connectivity index is 1.68. The average molecular weight is 407 g/mol. The molecule has 0 aliphatic carbocycles. The molecule has 0 aliphatic heterocycles. The fraction of sp³-hybridized carbons (Fsp3) is 0.368. The Kier molecular flexibility index (Phi) is 6.00. The van der Waals surface area contributed by atoms with Crippen LogP contribution in [0.2, 0.25) is 0 Å². The molecule has 0 aliphatic rings. The summed E-state index contributed by atoms with van der Waals surface area (Å²) in [6.07, 6.45) is -0.421. The Bertz CT molecular complexity index is 984. The van der Waals surface area contributed by atoms with E-state index in [0.29, 0.717) is 23.3 Å². The van der Waals surface area contributed by atoms with E-state index in [4.69, 9.17) is 4.74 Å². The Morgan fingerprint density at radius 1 is 1.24 bits per heavy atom. The van der Waals surface area contributed by atoms with Crippen molar-refractivity contribution in [2.45, 2.75) is 33.0 Å². The van der Waals surface area contributed by atoms with Gasteiger partial charge in [-0.3, -0.25) is 9.48 Å². The minimum Gasteiger partial charge on any atom is -0.477 e. The molecule has 3 rings (SSSR count). The number of hydrogen-bond donors (Lipinski definition) is 1. The van der Waals surface area contributed by atoms with Crippen LogP contribution in [-0.2, 0) is 11.3 Å². The van der Waals surface area contributed by atoms with E-state index >= 15 is 0 Å². The summed E-state index contributed by atoms with van der Waals surface area (Å²) in [4.78, 5) is 20.2. The SMILES string of the molecule is CC(C)C(=O)Nc1nccc2nn(Cc3ccc(OCCC(F)(F)F)nc3)cc12. The molecule has 1 N–H and O–H groups in total. The lowest BCUT2D eigenvalue weighted by atomic mass is 10.2. The minimum atomic E-state index is -4.26. The van der Waals surface area contributed by atoms with Crippen LogP contribution in [0.3, 0.4) is 0 Å². The van der Waals surface area contributed by atoms with Gasteiger partial charge in [0, 0.05) is 30.6 Å². The molecular formula is C19H20F3N5O2. The Hall–Kier alpha value is -3.17. The first kappa shape index (κ1) is 20.6. The minimum absolute atomic E-state index is 0.131. The molecule has 0 bridgehead atoms. The molecule has 154 valence electrons. The number of rotatable bonds is 7. The average Bonchev–Trinajstić information content (AvgIpc) is 3.05. The van der Waals surface area contributed by atoms with Crippen LogP contribution in [0.1, 0.15) is 25.8 Å². The highest BCUT2D eigenvalue weighted by atomic mass is 19.4. The number of ether oxygens (including phenoxy) is 1. The van der Waals surface area contributed by atoms with E-state index in [1.807, 2.05) is 0 Å². The van der Waals surface area contributed by atoms with Crippen LogP contribution in [0, 0.1) is 5.92 Å². The lowest BCUT2D eigenvalue weighted by molar-refractivity contribution is -0.139. The van der Waals surface area contributed by atoms with Crippen molar-refractivity contribution >= 4 is 22.6 Å². The van der Waals surface area contributed by atoms with Gasteiger partial charge in [0.2, 0.25) is 11.8 Å². The molecule has 7 nitrogen and oxygen atoms in total. The molecule has 0 saturated heterocycles. The Morgan fingerprint density at radius 2 is 2.03 bits per heavy atom. The van der Waals surface area contributed by atoms with Gasteiger partial charge in [-0.25, -0.2) is 9.97 Å². The fourth-order valence-electron chi connectivity index (χ4n) is 2.48. The molecule has 0 radical (unpaired) electrons. The molecular weight excluding hydrogens is 387 g/mol. The van der Waals surface area contributed by atoms with E-state index in [0.717, 1.165) is 5.56 Å². The number of nitrogens with zero attached hydrogens (tertiary/aromatic N) is 4. The molecule has 29 heavy (non-hydrogen) atoms. The maximum atomic E-state index is 12.2. The second kappa shape index (κ2) is 8.46. The second-order valence-electron chi connectivity index (χ2n) is 6.78.